The number of hydrogen-bond donors (Lipinski definition) is 3. The molecule has 5 rings (SSSR count). The number of aromatic nitrogens is 2. The van der Waals surface area contributed by atoms with Gasteiger partial charge in [0, 0.05) is 49.4 Å². The molecule has 1 aliphatic heterocycles. The second-order valence-electron chi connectivity index (χ2n) is 11.2. The number of rotatable bonds is 8. The molecular formula is C31H39N7O5S. The van der Waals surface area contributed by atoms with Gasteiger partial charge in [0.15, 0.2) is 11.5 Å². The molecule has 234 valence electrons. The summed E-state index contributed by atoms with van der Waals surface area (Å²) in [5, 5.41) is 10.1. The van der Waals surface area contributed by atoms with Gasteiger partial charge in [-0.25, -0.2) is 0 Å². The number of aryl methyl sites for hydroxylation is 1. The molecule has 13 heteroatoms. The van der Waals surface area contributed by atoms with E-state index in [1.807, 2.05) is 11.0 Å². The molecule has 3 aromatic rings. The Bertz CT molecular complexity index is 1500. The van der Waals surface area contributed by atoms with Gasteiger partial charge in [0.1, 0.15) is 4.88 Å². The van der Waals surface area contributed by atoms with E-state index >= 15 is 0 Å². The molecule has 1 saturated carbocycles. The SMILES string of the molecule is COc1ccc(C(=O)N2CCCN(c3ccc(C(=O)NC4CCC(N)CC4)cc3NC(=O)c3snnc3C)CC2)cc1OC. The first-order valence-electron chi connectivity index (χ1n) is 14.8. The average molecular weight is 622 g/mol. The molecule has 0 bridgehead atoms. The summed E-state index contributed by atoms with van der Waals surface area (Å²) < 4.78 is 14.6. The monoisotopic (exact) mass is 621 g/mol. The van der Waals surface area contributed by atoms with E-state index in [2.05, 4.69) is 25.1 Å². The van der Waals surface area contributed by atoms with Gasteiger partial charge in [-0.15, -0.1) is 5.10 Å². The minimum atomic E-state index is -0.336. The summed E-state index contributed by atoms with van der Waals surface area (Å²) in [6, 6.07) is 10.8. The summed E-state index contributed by atoms with van der Waals surface area (Å²) in [5.74, 6) is 0.441. The summed E-state index contributed by atoms with van der Waals surface area (Å²) in [6.45, 7) is 3.98. The van der Waals surface area contributed by atoms with Crippen LogP contribution in [0.2, 0.25) is 0 Å². The largest absolute Gasteiger partial charge is 0.493 e. The minimum absolute atomic E-state index is 0.0748. The molecule has 0 spiro atoms. The van der Waals surface area contributed by atoms with Crippen molar-refractivity contribution in [2.24, 2.45) is 5.73 Å². The highest BCUT2D eigenvalue weighted by Crippen LogP contribution is 2.31. The van der Waals surface area contributed by atoms with E-state index < -0.39 is 0 Å². The molecule has 1 saturated heterocycles. The van der Waals surface area contributed by atoms with Crippen molar-refractivity contribution in [2.75, 3.05) is 50.6 Å². The second-order valence-corrected chi connectivity index (χ2v) is 11.9. The van der Waals surface area contributed by atoms with Gasteiger partial charge in [-0.1, -0.05) is 4.49 Å². The molecule has 12 nitrogen and oxygen atoms in total. The summed E-state index contributed by atoms with van der Waals surface area (Å²) in [5.41, 5.74) is 8.84. The first kappa shape index (κ1) is 31.2. The number of ether oxygens (including phenoxy) is 2. The Balaban J connectivity index is 1.35. The van der Waals surface area contributed by atoms with Crippen LogP contribution >= 0.6 is 11.5 Å². The van der Waals surface area contributed by atoms with E-state index in [-0.39, 0.29) is 29.8 Å². The predicted molar refractivity (Wildman–Crippen MR) is 169 cm³/mol. The third-order valence-corrected chi connectivity index (χ3v) is 9.05. The van der Waals surface area contributed by atoms with Crippen molar-refractivity contribution in [3.63, 3.8) is 0 Å². The number of benzene rings is 2. The van der Waals surface area contributed by atoms with Crippen molar-refractivity contribution in [1.82, 2.24) is 19.8 Å². The van der Waals surface area contributed by atoms with Gasteiger partial charge in [0.25, 0.3) is 17.7 Å². The molecule has 2 aliphatic rings. The zero-order chi connectivity index (χ0) is 31.2. The fourth-order valence-electron chi connectivity index (χ4n) is 5.72. The van der Waals surface area contributed by atoms with Crippen LogP contribution in [0.15, 0.2) is 36.4 Å². The van der Waals surface area contributed by atoms with E-state index in [4.69, 9.17) is 15.2 Å². The molecule has 2 fully saturated rings. The maximum absolute atomic E-state index is 13.4. The van der Waals surface area contributed by atoms with Crippen molar-refractivity contribution < 1.29 is 23.9 Å². The van der Waals surface area contributed by atoms with Crippen LogP contribution in [-0.2, 0) is 0 Å². The summed E-state index contributed by atoms with van der Waals surface area (Å²) in [7, 11) is 3.10. The number of carbonyl (C=O) groups is 3. The molecule has 3 amide bonds. The van der Waals surface area contributed by atoms with Crippen LogP contribution in [0.3, 0.4) is 0 Å². The number of hydrogen-bond acceptors (Lipinski definition) is 10. The topological polar surface area (TPSA) is 152 Å². The quantitative estimate of drug-likeness (QED) is 0.343. The lowest BCUT2D eigenvalue weighted by Crippen LogP contribution is -2.40. The van der Waals surface area contributed by atoms with Crippen LogP contribution in [-0.4, -0.2) is 84.7 Å². The predicted octanol–water partition coefficient (Wildman–Crippen LogP) is 3.47. The van der Waals surface area contributed by atoms with Gasteiger partial charge in [-0.05, 0) is 87.0 Å². The van der Waals surface area contributed by atoms with Crippen molar-refractivity contribution in [1.29, 1.82) is 0 Å². The maximum Gasteiger partial charge on any atom is 0.269 e. The number of nitrogens with two attached hydrogens (primary N) is 1. The van der Waals surface area contributed by atoms with E-state index in [1.165, 1.54) is 0 Å². The molecule has 4 N–H and O–H groups in total. The molecule has 1 aromatic heterocycles. The molecule has 2 aromatic carbocycles. The van der Waals surface area contributed by atoms with Crippen molar-refractivity contribution in [3.8, 4) is 11.5 Å². The van der Waals surface area contributed by atoms with Gasteiger partial charge in [-0.2, -0.15) is 0 Å². The van der Waals surface area contributed by atoms with Crippen LogP contribution < -0.4 is 30.7 Å². The first-order chi connectivity index (χ1) is 21.3. The number of nitrogens with one attached hydrogen (secondary N) is 2. The highest BCUT2D eigenvalue weighted by atomic mass is 32.1. The lowest BCUT2D eigenvalue weighted by molar-refractivity contribution is 0.0766. The summed E-state index contributed by atoms with van der Waals surface area (Å²) in [4.78, 5) is 44.3. The lowest BCUT2D eigenvalue weighted by atomic mass is 9.91. The van der Waals surface area contributed by atoms with Crippen LogP contribution in [0, 0.1) is 6.92 Å². The number of methoxy groups -OCH3 is 2. The summed E-state index contributed by atoms with van der Waals surface area (Å²) in [6.07, 6.45) is 4.18. The third-order valence-electron chi connectivity index (χ3n) is 8.23. The molecule has 0 radical (unpaired) electrons. The Morgan fingerprint density at radius 3 is 2.36 bits per heavy atom. The molecule has 0 atom stereocenters. The smallest absolute Gasteiger partial charge is 0.269 e. The Labute approximate surface area is 261 Å². The van der Waals surface area contributed by atoms with Gasteiger partial charge in [0.05, 0.1) is 31.3 Å². The van der Waals surface area contributed by atoms with E-state index in [0.29, 0.717) is 65.1 Å². The van der Waals surface area contributed by atoms with Gasteiger partial charge >= 0.3 is 0 Å². The fourth-order valence-corrected chi connectivity index (χ4v) is 6.27. The second kappa shape index (κ2) is 14.0. The standard InChI is InChI=1S/C31H39N7O5S/c1-19-28(44-36-35-19)30(40)34-24-17-20(29(39)33-23-9-7-22(32)8-10-23)5-11-25(24)37-13-4-14-38(16-15-37)31(41)21-6-12-26(42-2)27(18-21)43-3/h5-6,11-12,17-18,22-23H,4,7-10,13-16,32H2,1-3H3,(H,33,39)(H,34,40). The highest BCUT2D eigenvalue weighted by molar-refractivity contribution is 7.08. The van der Waals surface area contributed by atoms with Gasteiger partial charge < -0.3 is 35.6 Å². The van der Waals surface area contributed by atoms with E-state index in [1.54, 1.807) is 51.5 Å². The van der Waals surface area contributed by atoms with Crippen LogP contribution in [0.4, 0.5) is 11.4 Å². The Morgan fingerprint density at radius 1 is 0.909 bits per heavy atom. The number of carbonyl (C=O) groups excluding carboxylic acids is 3. The number of anilines is 2. The third kappa shape index (κ3) is 7.11. The van der Waals surface area contributed by atoms with Crippen LogP contribution in [0.1, 0.15) is 68.2 Å². The first-order valence-corrected chi connectivity index (χ1v) is 15.6. The van der Waals surface area contributed by atoms with Crippen molar-refractivity contribution in [2.45, 2.75) is 51.1 Å². The minimum Gasteiger partial charge on any atom is -0.493 e. The van der Waals surface area contributed by atoms with Crippen LogP contribution in [0.5, 0.6) is 11.5 Å². The Morgan fingerprint density at radius 2 is 1.66 bits per heavy atom. The lowest BCUT2D eigenvalue weighted by Gasteiger charge is -2.28. The summed E-state index contributed by atoms with van der Waals surface area (Å²) >= 11 is 1.02. The van der Waals surface area contributed by atoms with Crippen LogP contribution in [0.25, 0.3) is 0 Å². The highest BCUT2D eigenvalue weighted by Gasteiger charge is 2.26. The normalized spacial score (nSPS) is 18.7. The van der Waals surface area contributed by atoms with E-state index in [9.17, 15) is 14.4 Å². The number of amides is 3. The Kier molecular flexibility index (Phi) is 9.95. The molecule has 2 heterocycles. The Hall–Kier alpha value is -4.23. The van der Waals surface area contributed by atoms with Gasteiger partial charge in [0.2, 0.25) is 0 Å². The maximum atomic E-state index is 13.4. The zero-order valence-electron chi connectivity index (χ0n) is 25.3. The molecular weight excluding hydrogens is 582 g/mol. The zero-order valence-corrected chi connectivity index (χ0v) is 26.1. The van der Waals surface area contributed by atoms with Crippen molar-refractivity contribution >= 4 is 40.6 Å². The van der Waals surface area contributed by atoms with Gasteiger partial charge in [-0.3, -0.25) is 14.4 Å². The van der Waals surface area contributed by atoms with E-state index in [0.717, 1.165) is 49.3 Å². The average Bonchev–Trinajstić information content (AvgIpc) is 3.32. The van der Waals surface area contributed by atoms with Crippen molar-refractivity contribution in [3.05, 3.63) is 58.1 Å². The molecule has 0 unspecified atom stereocenters. The molecule has 1 aliphatic carbocycles. The molecule has 44 heavy (non-hydrogen) atoms. The fraction of sp³-hybridized carbons (Fsp3) is 0.452. The number of nitrogens with zero attached hydrogens (tertiary/aromatic N) is 4.